The summed E-state index contributed by atoms with van der Waals surface area (Å²) in [7, 11) is 2.01. The number of pyridine rings is 1. The first-order valence-electron chi connectivity index (χ1n) is 6.15. The van der Waals surface area contributed by atoms with Crippen molar-refractivity contribution in [3.05, 3.63) is 55.2 Å². The lowest BCUT2D eigenvalue weighted by molar-refractivity contribution is 0.948. The number of nitrogens with zero attached hydrogens (tertiary/aromatic N) is 4. The molecule has 0 aliphatic heterocycles. The number of hydrogen-bond donors (Lipinski definition) is 0. The number of aryl methyl sites for hydroxylation is 1. The van der Waals surface area contributed by atoms with Crippen molar-refractivity contribution in [2.24, 2.45) is 7.05 Å². The zero-order chi connectivity index (χ0) is 12.8. The molecule has 0 bridgehead atoms. The third kappa shape index (κ3) is 1.53. The summed E-state index contributed by atoms with van der Waals surface area (Å²) in [5.41, 5.74) is 5.49. The molecule has 0 fully saturated rings. The first-order valence-corrected chi connectivity index (χ1v) is 6.15. The fourth-order valence-corrected chi connectivity index (χ4v) is 2.40. The number of benzene rings is 1. The molecule has 0 atom stereocenters. The molecule has 4 nitrogen and oxygen atoms in total. The third-order valence-electron chi connectivity index (χ3n) is 3.45. The minimum Gasteiger partial charge on any atom is -0.334 e. The van der Waals surface area contributed by atoms with E-state index in [2.05, 4.69) is 40.4 Å². The highest BCUT2D eigenvalue weighted by molar-refractivity contribution is 5.82. The van der Waals surface area contributed by atoms with Crippen LogP contribution >= 0.6 is 0 Å². The van der Waals surface area contributed by atoms with Crippen molar-refractivity contribution in [1.29, 1.82) is 0 Å². The predicted octanol–water partition coefficient (Wildman–Crippen LogP) is 2.89. The highest BCUT2D eigenvalue weighted by Gasteiger charge is 2.04. The number of hydrogen-bond acceptors (Lipinski definition) is 2. The van der Waals surface area contributed by atoms with E-state index in [0.717, 1.165) is 16.7 Å². The van der Waals surface area contributed by atoms with Crippen LogP contribution in [-0.4, -0.2) is 18.9 Å². The topological polar surface area (TPSA) is 35.1 Å². The molecule has 92 valence electrons. The number of rotatable bonds is 1. The van der Waals surface area contributed by atoms with E-state index >= 15 is 0 Å². The van der Waals surface area contributed by atoms with Gasteiger partial charge in [0.25, 0.3) is 0 Å². The summed E-state index contributed by atoms with van der Waals surface area (Å²) in [5, 5.41) is 0. The second kappa shape index (κ2) is 3.68. The molecule has 0 radical (unpaired) electrons. The average molecular weight is 248 g/mol. The van der Waals surface area contributed by atoms with Gasteiger partial charge in [0.1, 0.15) is 5.65 Å². The van der Waals surface area contributed by atoms with Gasteiger partial charge in [-0.05, 0) is 35.4 Å². The van der Waals surface area contributed by atoms with Gasteiger partial charge in [-0.15, -0.1) is 0 Å². The van der Waals surface area contributed by atoms with Gasteiger partial charge in [-0.3, -0.25) is 0 Å². The zero-order valence-electron chi connectivity index (χ0n) is 10.5. The van der Waals surface area contributed by atoms with Crippen LogP contribution in [0.4, 0.5) is 0 Å². The van der Waals surface area contributed by atoms with Crippen LogP contribution in [-0.2, 0) is 7.05 Å². The Morgan fingerprint density at radius 1 is 1.00 bits per heavy atom. The van der Waals surface area contributed by atoms with Crippen molar-refractivity contribution in [1.82, 2.24) is 18.9 Å². The van der Waals surface area contributed by atoms with Gasteiger partial charge in [0, 0.05) is 25.6 Å². The predicted molar refractivity (Wildman–Crippen MR) is 74.9 cm³/mol. The van der Waals surface area contributed by atoms with Crippen LogP contribution in [0.1, 0.15) is 0 Å². The Labute approximate surface area is 110 Å². The molecule has 4 aromatic rings. The summed E-state index contributed by atoms with van der Waals surface area (Å²) in [6.45, 7) is 0. The molecule has 3 aromatic heterocycles. The van der Waals surface area contributed by atoms with E-state index in [1.807, 2.05) is 40.8 Å². The lowest BCUT2D eigenvalue weighted by atomic mass is 10.1. The zero-order valence-corrected chi connectivity index (χ0v) is 10.5. The summed E-state index contributed by atoms with van der Waals surface area (Å²) in [6, 6.07) is 10.5. The van der Waals surface area contributed by atoms with Crippen molar-refractivity contribution in [2.75, 3.05) is 0 Å². The number of fused-ring (bicyclic) bond motifs is 2. The van der Waals surface area contributed by atoms with Gasteiger partial charge in [0.05, 0.1) is 17.4 Å². The van der Waals surface area contributed by atoms with Crippen molar-refractivity contribution >= 4 is 16.7 Å². The maximum absolute atomic E-state index is 4.34. The van der Waals surface area contributed by atoms with E-state index in [1.54, 1.807) is 0 Å². The molecule has 3 heterocycles. The summed E-state index contributed by atoms with van der Waals surface area (Å²) in [6.07, 6.45) is 7.71. The van der Waals surface area contributed by atoms with Crippen molar-refractivity contribution in [3.8, 4) is 11.1 Å². The summed E-state index contributed by atoms with van der Waals surface area (Å²) < 4.78 is 4.07. The largest absolute Gasteiger partial charge is 0.334 e. The second-order valence-corrected chi connectivity index (χ2v) is 4.67. The van der Waals surface area contributed by atoms with Crippen molar-refractivity contribution in [2.45, 2.75) is 0 Å². The molecule has 4 rings (SSSR count). The Balaban J connectivity index is 1.94. The van der Waals surface area contributed by atoms with E-state index in [4.69, 9.17) is 0 Å². The molecule has 0 aliphatic carbocycles. The smallest absolute Gasteiger partial charge is 0.136 e. The van der Waals surface area contributed by atoms with Gasteiger partial charge in [0.2, 0.25) is 0 Å². The number of aromatic nitrogens is 4. The number of imidazole rings is 2. The normalized spacial score (nSPS) is 11.4. The standard InChI is InChI=1S/C15H12N4/c1-18-10-17-13-4-2-11(8-14(13)18)12-3-5-15-16-6-7-19(15)9-12/h2-10H,1H3. The molecule has 0 saturated heterocycles. The lowest BCUT2D eigenvalue weighted by Gasteiger charge is -2.04. The van der Waals surface area contributed by atoms with E-state index in [-0.39, 0.29) is 0 Å². The van der Waals surface area contributed by atoms with Gasteiger partial charge in [-0.2, -0.15) is 0 Å². The maximum atomic E-state index is 4.34. The Kier molecular flexibility index (Phi) is 2.00. The van der Waals surface area contributed by atoms with Gasteiger partial charge >= 0.3 is 0 Å². The molecular weight excluding hydrogens is 236 g/mol. The van der Waals surface area contributed by atoms with Crippen molar-refractivity contribution < 1.29 is 0 Å². The van der Waals surface area contributed by atoms with Crippen LogP contribution in [0.5, 0.6) is 0 Å². The van der Waals surface area contributed by atoms with E-state index in [9.17, 15) is 0 Å². The van der Waals surface area contributed by atoms with Crippen LogP contribution in [0.2, 0.25) is 0 Å². The molecule has 0 spiro atoms. The molecule has 0 amide bonds. The fourth-order valence-electron chi connectivity index (χ4n) is 2.40. The van der Waals surface area contributed by atoms with Crippen LogP contribution in [0.25, 0.3) is 27.8 Å². The highest BCUT2D eigenvalue weighted by atomic mass is 15.0. The first kappa shape index (κ1) is 10.3. The molecule has 0 aliphatic rings. The second-order valence-electron chi connectivity index (χ2n) is 4.67. The minimum absolute atomic E-state index is 0.963. The molecule has 4 heteroatoms. The molecule has 0 N–H and O–H groups in total. The highest BCUT2D eigenvalue weighted by Crippen LogP contribution is 2.24. The molecule has 19 heavy (non-hydrogen) atoms. The van der Waals surface area contributed by atoms with Crippen LogP contribution in [0, 0.1) is 0 Å². The van der Waals surface area contributed by atoms with E-state index in [0.29, 0.717) is 0 Å². The van der Waals surface area contributed by atoms with Gasteiger partial charge < -0.3 is 8.97 Å². The molecule has 0 saturated carbocycles. The molecule has 0 unspecified atom stereocenters. The van der Waals surface area contributed by atoms with Crippen LogP contribution in [0.3, 0.4) is 0 Å². The van der Waals surface area contributed by atoms with E-state index < -0.39 is 0 Å². The SMILES string of the molecule is Cn1cnc2ccc(-c3ccc4nccn4c3)cc21. The van der Waals surface area contributed by atoms with Gasteiger partial charge in [-0.25, -0.2) is 9.97 Å². The molecule has 1 aromatic carbocycles. The third-order valence-corrected chi connectivity index (χ3v) is 3.45. The average Bonchev–Trinajstić information content (AvgIpc) is 3.05. The Morgan fingerprint density at radius 2 is 1.89 bits per heavy atom. The molecular formula is C15H12N4. The monoisotopic (exact) mass is 248 g/mol. The first-order chi connectivity index (χ1) is 9.31. The van der Waals surface area contributed by atoms with E-state index in [1.165, 1.54) is 11.1 Å². The Bertz CT molecular complexity index is 885. The fraction of sp³-hybridized carbons (Fsp3) is 0.0667. The quantitative estimate of drug-likeness (QED) is 0.519. The van der Waals surface area contributed by atoms with Gasteiger partial charge in [0.15, 0.2) is 0 Å². The van der Waals surface area contributed by atoms with Crippen LogP contribution < -0.4 is 0 Å². The van der Waals surface area contributed by atoms with Crippen LogP contribution in [0.15, 0.2) is 55.2 Å². The summed E-state index contributed by atoms with van der Waals surface area (Å²) in [5.74, 6) is 0. The van der Waals surface area contributed by atoms with Crippen molar-refractivity contribution in [3.63, 3.8) is 0 Å². The Hall–Kier alpha value is -2.62. The summed E-state index contributed by atoms with van der Waals surface area (Å²) in [4.78, 5) is 8.60. The lowest BCUT2D eigenvalue weighted by Crippen LogP contribution is -1.87. The summed E-state index contributed by atoms with van der Waals surface area (Å²) >= 11 is 0. The Morgan fingerprint density at radius 3 is 2.84 bits per heavy atom. The maximum Gasteiger partial charge on any atom is 0.136 e. The minimum atomic E-state index is 0.963. The van der Waals surface area contributed by atoms with Gasteiger partial charge in [-0.1, -0.05) is 6.07 Å².